The predicted octanol–water partition coefficient (Wildman–Crippen LogP) is 4.48. The van der Waals surface area contributed by atoms with Crippen LogP contribution in [0.1, 0.15) is 94.0 Å². The molecule has 1 aromatic carbocycles. The molecule has 8 heteroatoms. The molecule has 5 aliphatic rings. The molecule has 4 fully saturated rings. The zero-order valence-electron chi connectivity index (χ0n) is 23.2. The van der Waals surface area contributed by atoms with Crippen molar-refractivity contribution < 1.29 is 29.0 Å². The number of carboxylic acid groups (broad SMARTS) is 1. The maximum Gasteiger partial charge on any atom is 0.309 e. The van der Waals surface area contributed by atoms with Crippen LogP contribution in [0.2, 0.25) is 0 Å². The van der Waals surface area contributed by atoms with Crippen LogP contribution in [-0.2, 0) is 16.0 Å². The average molecular weight is 539 g/mol. The Hall–Kier alpha value is -2.77. The standard InChI is InChI=1S/C31H42N2O6/c1-30(9-3-10-30)17-32-28(35)24-18-4-5-19(14-18)25(24)33-27(34)23-16-22(15-20-8-13-38-26(20)23)39-21-6-11-31(2,12-7-21)29(36)37/h15-16,18-19,21,24-25H,3-14,17H2,1-2H3,(H,32,35)(H,33,34)(H,36,37)/t18-,19+,21?,24+,25-,31?/m1/s1. The second-order valence-electron chi connectivity index (χ2n) is 13.5. The molecule has 0 spiro atoms. The molecule has 0 saturated heterocycles. The molecule has 0 radical (unpaired) electrons. The Kier molecular flexibility index (Phi) is 6.79. The summed E-state index contributed by atoms with van der Waals surface area (Å²) in [5, 5.41) is 16.0. The van der Waals surface area contributed by atoms with Gasteiger partial charge in [0.1, 0.15) is 11.5 Å². The SMILES string of the molecule is CC1(CNC(=O)[C@H]2[C@@H]3CC[C@@H](C3)[C@H]2NC(=O)c2cc(OC3CCC(C)(C(=O)O)CC3)cc3c2OCC3)CCC1. The minimum atomic E-state index is -0.751. The molecule has 1 aromatic rings. The smallest absolute Gasteiger partial charge is 0.309 e. The zero-order valence-corrected chi connectivity index (χ0v) is 23.2. The van der Waals surface area contributed by atoms with Crippen molar-refractivity contribution in [2.75, 3.05) is 13.2 Å². The summed E-state index contributed by atoms with van der Waals surface area (Å²) >= 11 is 0. The molecule has 3 N–H and O–H groups in total. The van der Waals surface area contributed by atoms with Gasteiger partial charge in [-0.2, -0.15) is 0 Å². The van der Waals surface area contributed by atoms with E-state index in [1.165, 1.54) is 6.42 Å². The topological polar surface area (TPSA) is 114 Å². The van der Waals surface area contributed by atoms with Gasteiger partial charge in [-0.25, -0.2) is 0 Å². The summed E-state index contributed by atoms with van der Waals surface area (Å²) in [5.41, 5.74) is 0.944. The summed E-state index contributed by atoms with van der Waals surface area (Å²) in [7, 11) is 0. The minimum absolute atomic E-state index is 0.0788. The van der Waals surface area contributed by atoms with Gasteiger partial charge in [-0.3, -0.25) is 14.4 Å². The van der Waals surface area contributed by atoms with Crippen molar-refractivity contribution in [3.05, 3.63) is 23.3 Å². The Morgan fingerprint density at radius 3 is 2.49 bits per heavy atom. The summed E-state index contributed by atoms with van der Waals surface area (Å²) in [5.74, 6) is 0.845. The van der Waals surface area contributed by atoms with Crippen molar-refractivity contribution in [3.63, 3.8) is 0 Å². The first kappa shape index (κ1) is 26.5. The Morgan fingerprint density at radius 2 is 1.79 bits per heavy atom. The fraction of sp³-hybridized carbons (Fsp3) is 0.710. The van der Waals surface area contributed by atoms with Gasteiger partial charge in [0.15, 0.2) is 0 Å². The maximum atomic E-state index is 13.7. The minimum Gasteiger partial charge on any atom is -0.492 e. The van der Waals surface area contributed by atoms with E-state index >= 15 is 0 Å². The third-order valence-electron chi connectivity index (χ3n) is 10.6. The van der Waals surface area contributed by atoms with E-state index in [4.69, 9.17) is 9.47 Å². The molecule has 0 aromatic heterocycles. The largest absolute Gasteiger partial charge is 0.492 e. The highest BCUT2D eigenvalue weighted by Gasteiger charge is 2.52. The third kappa shape index (κ3) is 5.00. The molecule has 0 unspecified atom stereocenters. The Labute approximate surface area is 230 Å². The predicted molar refractivity (Wildman–Crippen MR) is 145 cm³/mol. The number of benzene rings is 1. The molecular weight excluding hydrogens is 496 g/mol. The van der Waals surface area contributed by atoms with E-state index in [2.05, 4.69) is 17.6 Å². The molecule has 2 bridgehead atoms. The van der Waals surface area contributed by atoms with Crippen LogP contribution in [0.3, 0.4) is 0 Å². The number of fused-ring (bicyclic) bond motifs is 3. The van der Waals surface area contributed by atoms with Crippen LogP contribution in [0.5, 0.6) is 11.5 Å². The number of carbonyl (C=O) groups excluding carboxylic acids is 2. The van der Waals surface area contributed by atoms with E-state index in [9.17, 15) is 19.5 Å². The lowest BCUT2D eigenvalue weighted by atomic mass is 9.70. The van der Waals surface area contributed by atoms with Gasteiger partial charge < -0.3 is 25.2 Å². The van der Waals surface area contributed by atoms with E-state index in [-0.39, 0.29) is 35.3 Å². The third-order valence-corrected chi connectivity index (χ3v) is 10.6. The zero-order chi connectivity index (χ0) is 27.4. The fourth-order valence-electron chi connectivity index (χ4n) is 7.75. The van der Waals surface area contributed by atoms with E-state index in [1.807, 2.05) is 6.07 Å². The van der Waals surface area contributed by atoms with Crippen LogP contribution in [0.15, 0.2) is 12.1 Å². The second kappa shape index (κ2) is 10.0. The van der Waals surface area contributed by atoms with Gasteiger partial charge in [0, 0.05) is 24.6 Å². The Bertz CT molecular complexity index is 1150. The quantitative estimate of drug-likeness (QED) is 0.450. The van der Waals surface area contributed by atoms with Gasteiger partial charge in [0.2, 0.25) is 5.91 Å². The van der Waals surface area contributed by atoms with E-state index < -0.39 is 11.4 Å². The van der Waals surface area contributed by atoms with Crippen molar-refractivity contribution in [2.45, 2.75) is 96.6 Å². The van der Waals surface area contributed by atoms with Crippen molar-refractivity contribution >= 4 is 17.8 Å². The molecule has 1 aliphatic heterocycles. The van der Waals surface area contributed by atoms with Crippen LogP contribution < -0.4 is 20.1 Å². The monoisotopic (exact) mass is 538 g/mol. The molecule has 4 saturated carbocycles. The van der Waals surface area contributed by atoms with Crippen LogP contribution >= 0.6 is 0 Å². The number of rotatable bonds is 8. The van der Waals surface area contributed by atoms with E-state index in [0.717, 1.165) is 37.7 Å². The first-order valence-electron chi connectivity index (χ1n) is 14.9. The molecule has 212 valence electrons. The Balaban J connectivity index is 1.15. The van der Waals surface area contributed by atoms with Crippen LogP contribution in [0.4, 0.5) is 0 Å². The maximum absolute atomic E-state index is 13.7. The number of nitrogens with one attached hydrogen (secondary N) is 2. The highest BCUT2D eigenvalue weighted by molar-refractivity contribution is 5.98. The molecule has 1 heterocycles. The average Bonchev–Trinajstić information content (AvgIpc) is 3.63. The summed E-state index contributed by atoms with van der Waals surface area (Å²) < 4.78 is 12.2. The summed E-state index contributed by atoms with van der Waals surface area (Å²) in [4.78, 5) is 38.7. The van der Waals surface area contributed by atoms with Gasteiger partial charge in [-0.1, -0.05) is 13.3 Å². The van der Waals surface area contributed by atoms with Crippen LogP contribution in [0.25, 0.3) is 0 Å². The molecule has 2 amide bonds. The lowest BCUT2D eigenvalue weighted by Crippen LogP contribution is -2.51. The number of hydrogen-bond acceptors (Lipinski definition) is 5. The van der Waals surface area contributed by atoms with E-state index in [1.54, 1.807) is 13.0 Å². The first-order valence-corrected chi connectivity index (χ1v) is 14.9. The lowest BCUT2D eigenvalue weighted by molar-refractivity contribution is -0.150. The molecule has 8 nitrogen and oxygen atoms in total. The fourth-order valence-corrected chi connectivity index (χ4v) is 7.75. The first-order chi connectivity index (χ1) is 18.6. The van der Waals surface area contributed by atoms with Gasteiger partial charge in [0.05, 0.1) is 29.6 Å². The van der Waals surface area contributed by atoms with Crippen LogP contribution in [0, 0.1) is 28.6 Å². The molecule has 4 aliphatic carbocycles. The number of ether oxygens (including phenoxy) is 2. The number of carbonyl (C=O) groups is 3. The highest BCUT2D eigenvalue weighted by atomic mass is 16.5. The van der Waals surface area contributed by atoms with Crippen molar-refractivity contribution in [3.8, 4) is 11.5 Å². The highest BCUT2D eigenvalue weighted by Crippen LogP contribution is 2.49. The second-order valence-corrected chi connectivity index (χ2v) is 13.5. The number of aliphatic carboxylic acids is 1. The molecule has 39 heavy (non-hydrogen) atoms. The van der Waals surface area contributed by atoms with Gasteiger partial charge in [-0.15, -0.1) is 0 Å². The summed E-state index contributed by atoms with van der Waals surface area (Å²) in [6, 6.07) is 3.56. The Morgan fingerprint density at radius 1 is 1.05 bits per heavy atom. The number of carboxylic acids is 1. The number of amides is 2. The normalized spacial score (nSPS) is 33.9. The summed E-state index contributed by atoms with van der Waals surface area (Å²) in [6.45, 7) is 5.29. The summed E-state index contributed by atoms with van der Waals surface area (Å²) in [6.07, 6.45) is 9.76. The van der Waals surface area contributed by atoms with Crippen molar-refractivity contribution in [1.29, 1.82) is 0 Å². The lowest BCUT2D eigenvalue weighted by Gasteiger charge is -2.39. The molecule has 6 rings (SSSR count). The van der Waals surface area contributed by atoms with Crippen molar-refractivity contribution in [1.82, 2.24) is 10.6 Å². The molecule has 4 atom stereocenters. The van der Waals surface area contributed by atoms with Gasteiger partial charge in [0.25, 0.3) is 5.91 Å². The van der Waals surface area contributed by atoms with Crippen LogP contribution in [-0.4, -0.2) is 48.2 Å². The van der Waals surface area contributed by atoms with Gasteiger partial charge in [-0.05, 0) is 94.1 Å². The van der Waals surface area contributed by atoms with Crippen molar-refractivity contribution in [2.24, 2.45) is 28.6 Å². The van der Waals surface area contributed by atoms with Gasteiger partial charge >= 0.3 is 5.97 Å². The van der Waals surface area contributed by atoms with E-state index in [0.29, 0.717) is 74.2 Å². The molecular formula is C31H42N2O6. The number of hydrogen-bond donors (Lipinski definition) is 3.